The molecule has 0 aliphatic heterocycles. The molecule has 2 N–H and O–H groups in total. The van der Waals surface area contributed by atoms with Crippen LogP contribution in [0.1, 0.15) is 96.8 Å². The normalized spacial score (nSPS) is 14.9. The molecule has 0 heterocycles. The van der Waals surface area contributed by atoms with Gasteiger partial charge in [-0.2, -0.15) is 0 Å². The fourth-order valence-electron chi connectivity index (χ4n) is 3.47. The van der Waals surface area contributed by atoms with E-state index in [0.29, 0.717) is 17.4 Å². The van der Waals surface area contributed by atoms with E-state index in [0.717, 1.165) is 12.8 Å². The van der Waals surface area contributed by atoms with E-state index in [1.165, 1.54) is 64.2 Å². The van der Waals surface area contributed by atoms with Crippen LogP contribution < -0.4 is 0 Å². The van der Waals surface area contributed by atoms with Crippen molar-refractivity contribution >= 4 is 13.8 Å². The molecule has 0 aromatic heterocycles. The minimum Gasteiger partial charge on any atom is -0.457 e. The fourth-order valence-corrected chi connectivity index (χ4v) is 4.21. The molecule has 0 aromatic rings. The minimum atomic E-state index is -4.27. The first-order valence-electron chi connectivity index (χ1n) is 14.1. The number of rotatable bonds is 25. The van der Waals surface area contributed by atoms with E-state index < -0.39 is 33.1 Å². The average molecular weight is 549 g/mol. The maximum atomic E-state index is 12.0. The van der Waals surface area contributed by atoms with Gasteiger partial charge in [0.2, 0.25) is 0 Å². The Morgan fingerprint density at radius 2 is 1.43 bits per heavy atom. The van der Waals surface area contributed by atoms with Crippen molar-refractivity contribution in [2.24, 2.45) is 0 Å². The van der Waals surface area contributed by atoms with Gasteiger partial charge in [-0.15, -0.1) is 0 Å². The number of aliphatic hydroxyl groups is 1. The Morgan fingerprint density at radius 1 is 0.865 bits per heavy atom. The number of hydrogen-bond donors (Lipinski definition) is 2. The standard InChI is InChI=1S/C28H54NO7P/c1-5-6-7-8-9-10-11-12-13-14-15-16-17-18-19-20-21-22-28(31)36-27(25-30)26-35-37(32,33)34-24-23-29(2,3)4/h16-17,19-20,27,30H,5-15,18,21-26H2,1-4H3/p+1/b17-16-,20-19-. The monoisotopic (exact) mass is 548 g/mol. The van der Waals surface area contributed by atoms with Gasteiger partial charge in [-0.05, 0) is 25.7 Å². The topological polar surface area (TPSA) is 102 Å². The van der Waals surface area contributed by atoms with Crippen LogP contribution in [-0.4, -0.2) is 74.1 Å². The summed E-state index contributed by atoms with van der Waals surface area (Å²) in [7, 11) is 1.52. The van der Waals surface area contributed by atoms with Gasteiger partial charge in [0.25, 0.3) is 0 Å². The first-order chi connectivity index (χ1) is 17.6. The van der Waals surface area contributed by atoms with Gasteiger partial charge in [0.05, 0.1) is 34.4 Å². The number of quaternary nitrogens is 1. The molecule has 218 valence electrons. The predicted octanol–water partition coefficient (Wildman–Crippen LogP) is 6.32. The first kappa shape index (κ1) is 36.0. The molecule has 0 fully saturated rings. The summed E-state index contributed by atoms with van der Waals surface area (Å²) in [5.41, 5.74) is 0. The van der Waals surface area contributed by atoms with Crippen molar-refractivity contribution in [2.75, 3.05) is 47.5 Å². The average Bonchev–Trinajstić information content (AvgIpc) is 2.82. The van der Waals surface area contributed by atoms with Gasteiger partial charge in [0.15, 0.2) is 0 Å². The fraction of sp³-hybridized carbons (Fsp3) is 0.821. The number of unbranched alkanes of at least 4 members (excludes halogenated alkanes) is 10. The smallest absolute Gasteiger partial charge is 0.457 e. The molecule has 0 radical (unpaired) electrons. The highest BCUT2D eigenvalue weighted by Gasteiger charge is 2.25. The Kier molecular flexibility index (Phi) is 22.3. The summed E-state index contributed by atoms with van der Waals surface area (Å²) in [5, 5.41) is 9.38. The van der Waals surface area contributed by atoms with Gasteiger partial charge in [0.1, 0.15) is 19.3 Å². The van der Waals surface area contributed by atoms with Gasteiger partial charge in [-0.3, -0.25) is 13.8 Å². The van der Waals surface area contributed by atoms with Crippen LogP contribution in [0.5, 0.6) is 0 Å². The number of allylic oxidation sites excluding steroid dienone is 4. The van der Waals surface area contributed by atoms with E-state index >= 15 is 0 Å². The molecule has 0 rings (SSSR count). The van der Waals surface area contributed by atoms with E-state index in [9.17, 15) is 19.4 Å². The molecular weight excluding hydrogens is 493 g/mol. The van der Waals surface area contributed by atoms with Gasteiger partial charge in [-0.1, -0.05) is 89.0 Å². The van der Waals surface area contributed by atoms with Gasteiger partial charge >= 0.3 is 13.8 Å². The molecule has 0 spiro atoms. The van der Waals surface area contributed by atoms with Crippen molar-refractivity contribution < 1.29 is 37.6 Å². The minimum absolute atomic E-state index is 0.0433. The maximum Gasteiger partial charge on any atom is 0.472 e. The predicted molar refractivity (Wildman–Crippen MR) is 150 cm³/mol. The number of ether oxygens (including phenoxy) is 1. The number of carbonyl (C=O) groups is 1. The van der Waals surface area contributed by atoms with Crippen molar-refractivity contribution in [3.05, 3.63) is 24.3 Å². The largest absolute Gasteiger partial charge is 0.472 e. The lowest BCUT2D eigenvalue weighted by atomic mass is 10.1. The van der Waals surface area contributed by atoms with Crippen LogP contribution in [0.3, 0.4) is 0 Å². The number of nitrogens with zero attached hydrogens (tertiary/aromatic N) is 1. The Bertz CT molecular complexity index is 661. The maximum absolute atomic E-state index is 12.0. The number of phosphoric ester groups is 1. The zero-order valence-corrected chi connectivity index (χ0v) is 24.8. The quantitative estimate of drug-likeness (QED) is 0.0452. The summed E-state index contributed by atoms with van der Waals surface area (Å²) >= 11 is 0. The second-order valence-electron chi connectivity index (χ2n) is 10.6. The lowest BCUT2D eigenvalue weighted by Crippen LogP contribution is -2.37. The molecule has 2 atom stereocenters. The van der Waals surface area contributed by atoms with Gasteiger partial charge < -0.3 is 19.2 Å². The highest BCUT2D eigenvalue weighted by Crippen LogP contribution is 2.43. The third-order valence-electron chi connectivity index (χ3n) is 5.79. The molecule has 9 heteroatoms. The molecule has 0 aromatic carbocycles. The van der Waals surface area contributed by atoms with E-state index in [2.05, 4.69) is 19.1 Å². The Balaban J connectivity index is 3.81. The number of hydrogen-bond acceptors (Lipinski definition) is 6. The molecule has 2 unspecified atom stereocenters. The van der Waals surface area contributed by atoms with Crippen LogP contribution >= 0.6 is 7.82 Å². The van der Waals surface area contributed by atoms with Crippen molar-refractivity contribution in [3.8, 4) is 0 Å². The lowest BCUT2D eigenvalue weighted by Gasteiger charge is -2.24. The van der Waals surface area contributed by atoms with E-state index in [1.807, 2.05) is 33.3 Å². The Labute approximate surface area is 226 Å². The lowest BCUT2D eigenvalue weighted by molar-refractivity contribution is -0.870. The molecule has 0 saturated heterocycles. The van der Waals surface area contributed by atoms with Crippen LogP contribution in [0.25, 0.3) is 0 Å². The third-order valence-corrected chi connectivity index (χ3v) is 6.77. The summed E-state index contributed by atoms with van der Waals surface area (Å²) in [6.07, 6.45) is 23.4. The molecule has 0 amide bonds. The Morgan fingerprint density at radius 3 is 2.00 bits per heavy atom. The number of aliphatic hydroxyl groups excluding tert-OH is 1. The third kappa shape index (κ3) is 26.4. The molecule has 0 saturated carbocycles. The first-order valence-corrected chi connectivity index (χ1v) is 15.6. The number of esters is 1. The highest BCUT2D eigenvalue weighted by molar-refractivity contribution is 7.47. The summed E-state index contributed by atoms with van der Waals surface area (Å²) in [4.78, 5) is 21.7. The molecule has 37 heavy (non-hydrogen) atoms. The van der Waals surface area contributed by atoms with E-state index in [1.54, 1.807) is 0 Å². The molecule has 0 aliphatic carbocycles. The highest BCUT2D eigenvalue weighted by atomic mass is 31.2. The van der Waals surface area contributed by atoms with Crippen LogP contribution in [0, 0.1) is 0 Å². The second-order valence-corrected chi connectivity index (χ2v) is 12.0. The number of phosphoric acid groups is 1. The molecule has 8 nitrogen and oxygen atoms in total. The number of carbonyl (C=O) groups excluding carboxylic acids is 1. The van der Waals surface area contributed by atoms with Crippen molar-refractivity contribution in [2.45, 2.75) is 103 Å². The summed E-state index contributed by atoms with van der Waals surface area (Å²) < 4.78 is 27.4. The van der Waals surface area contributed by atoms with Crippen LogP contribution in [0.2, 0.25) is 0 Å². The van der Waals surface area contributed by atoms with E-state index in [4.69, 9.17) is 13.8 Å². The summed E-state index contributed by atoms with van der Waals surface area (Å²) in [5.74, 6) is -0.498. The summed E-state index contributed by atoms with van der Waals surface area (Å²) in [6, 6.07) is 0. The zero-order valence-electron chi connectivity index (χ0n) is 23.9. The van der Waals surface area contributed by atoms with E-state index in [-0.39, 0.29) is 13.0 Å². The molecule has 0 aliphatic rings. The SMILES string of the molecule is CCCCCCCCCCCC/C=C\C/C=C\CCC(=O)OC(CO)COP(=O)(O)OCC[N+](C)(C)C. The van der Waals surface area contributed by atoms with Crippen molar-refractivity contribution in [3.63, 3.8) is 0 Å². The summed E-state index contributed by atoms with van der Waals surface area (Å²) in [6.45, 7) is 1.90. The molecular formula is C28H55NO7P+. The van der Waals surface area contributed by atoms with Crippen LogP contribution in [0.15, 0.2) is 24.3 Å². The number of likely N-dealkylation sites (N-methyl/N-ethyl adjacent to an activating group) is 1. The zero-order chi connectivity index (χ0) is 27.8. The van der Waals surface area contributed by atoms with Gasteiger partial charge in [-0.25, -0.2) is 4.57 Å². The molecule has 0 bridgehead atoms. The second kappa shape index (κ2) is 22.9. The van der Waals surface area contributed by atoms with Crippen molar-refractivity contribution in [1.29, 1.82) is 0 Å². The van der Waals surface area contributed by atoms with Crippen molar-refractivity contribution in [1.82, 2.24) is 0 Å². The van der Waals surface area contributed by atoms with Crippen LogP contribution in [0.4, 0.5) is 0 Å². The Hall–Kier alpha value is -1.02. The van der Waals surface area contributed by atoms with Crippen LogP contribution in [-0.2, 0) is 23.1 Å². The van der Waals surface area contributed by atoms with Gasteiger partial charge in [0, 0.05) is 6.42 Å².